The summed E-state index contributed by atoms with van der Waals surface area (Å²) < 4.78 is 1.29. The molecule has 98 valence electrons. The van der Waals surface area contributed by atoms with E-state index < -0.39 is 0 Å². The van der Waals surface area contributed by atoms with E-state index in [0.29, 0.717) is 0 Å². The second-order valence-electron chi connectivity index (χ2n) is 4.72. The van der Waals surface area contributed by atoms with Gasteiger partial charge >= 0.3 is 64.8 Å². The molecular weight excluding hydrogens is 251 g/mol. The molecule has 0 spiro atoms. The molecule has 0 fully saturated rings. The molecule has 0 bridgehead atoms. The zero-order valence-corrected chi connectivity index (χ0v) is 11.8. The average Bonchev–Trinajstić information content (AvgIpc) is 2.23. The van der Waals surface area contributed by atoms with Gasteiger partial charge in [-0.05, 0) is 25.7 Å². The predicted molar refractivity (Wildman–Crippen MR) is 72.5 cm³/mol. The Morgan fingerprint density at radius 2 is 1.29 bits per heavy atom. The molecular formula is C16H25Co. The second-order valence-corrected chi connectivity index (χ2v) is 5.38. The molecule has 0 aromatic heterocycles. The topological polar surface area (TPSA) is 0 Å². The van der Waals surface area contributed by atoms with Crippen molar-refractivity contribution in [3.8, 4) is 0 Å². The van der Waals surface area contributed by atoms with Crippen molar-refractivity contribution in [2.75, 3.05) is 0 Å². The van der Waals surface area contributed by atoms with Crippen LogP contribution in [-0.2, 0) is 15.7 Å². The third-order valence-electron chi connectivity index (χ3n) is 3.09. The molecule has 17 heavy (non-hydrogen) atoms. The van der Waals surface area contributed by atoms with Crippen LogP contribution in [0.25, 0.3) is 0 Å². The summed E-state index contributed by atoms with van der Waals surface area (Å²) in [6.07, 6.45) is 24.2. The molecule has 2 rings (SSSR count). The molecule has 2 aliphatic carbocycles. The normalized spacial score (nSPS) is 21.2. The summed E-state index contributed by atoms with van der Waals surface area (Å²) >= 11 is 4.39. The minimum absolute atomic E-state index is 1.21. The van der Waals surface area contributed by atoms with E-state index in [1.165, 1.54) is 68.7 Å². The van der Waals surface area contributed by atoms with Gasteiger partial charge in [0.2, 0.25) is 0 Å². The summed E-state index contributed by atoms with van der Waals surface area (Å²) in [5.74, 6) is 0. The first kappa shape index (κ1) is 14.8. The maximum atomic E-state index is 4.39. The van der Waals surface area contributed by atoms with E-state index in [1.807, 2.05) is 0 Å². The summed E-state index contributed by atoms with van der Waals surface area (Å²) in [6.45, 7) is 0. The van der Waals surface area contributed by atoms with Crippen LogP contribution < -0.4 is 0 Å². The Morgan fingerprint density at radius 3 is 2.00 bits per heavy atom. The van der Waals surface area contributed by atoms with E-state index in [2.05, 4.69) is 46.1 Å². The third kappa shape index (κ3) is 9.43. The fourth-order valence-corrected chi connectivity index (χ4v) is 2.35. The number of rotatable bonds is 0. The number of hydrogen-bond donors (Lipinski definition) is 0. The first-order chi connectivity index (χ1) is 8.39. The third-order valence-corrected chi connectivity index (χ3v) is 3.56. The Hall–Kier alpha value is -0.274. The van der Waals surface area contributed by atoms with Gasteiger partial charge in [-0.3, -0.25) is 0 Å². The summed E-state index contributed by atoms with van der Waals surface area (Å²) in [5.41, 5.74) is 0. The van der Waals surface area contributed by atoms with Crippen LogP contribution in [0.15, 0.2) is 34.9 Å². The van der Waals surface area contributed by atoms with Crippen molar-refractivity contribution in [2.24, 2.45) is 0 Å². The van der Waals surface area contributed by atoms with E-state index in [-0.39, 0.29) is 0 Å². The summed E-state index contributed by atoms with van der Waals surface area (Å²) in [4.78, 5) is 0. The maximum absolute atomic E-state index is 4.39. The van der Waals surface area contributed by atoms with Gasteiger partial charge in [-0.1, -0.05) is 24.3 Å². The van der Waals surface area contributed by atoms with Gasteiger partial charge in [-0.2, -0.15) is 0 Å². The summed E-state index contributed by atoms with van der Waals surface area (Å²) in [6, 6.07) is 0. The fourth-order valence-electron chi connectivity index (χ4n) is 2.01. The molecule has 0 radical (unpaired) electrons. The van der Waals surface area contributed by atoms with Crippen molar-refractivity contribution < 1.29 is 15.7 Å². The van der Waals surface area contributed by atoms with Gasteiger partial charge in [0, 0.05) is 0 Å². The van der Waals surface area contributed by atoms with Crippen molar-refractivity contribution in [1.29, 1.82) is 0 Å². The zero-order chi connectivity index (χ0) is 12.2. The monoisotopic (exact) mass is 276 g/mol. The molecule has 2 aliphatic rings. The second kappa shape index (κ2) is 10.9. The van der Waals surface area contributed by atoms with Crippen LogP contribution in [0.3, 0.4) is 0 Å². The van der Waals surface area contributed by atoms with Gasteiger partial charge in [0.25, 0.3) is 0 Å². The Bertz CT molecular complexity index is 247. The predicted octanol–water partition coefficient (Wildman–Crippen LogP) is 5.44. The SMILES string of the molecule is C1=CCCCCC=C1.[Co][C]1=CCCCCCC1. The standard InChI is InChI=1S/C8H13.C8H12.Co/c2*1-2-4-6-8-7-5-3-1;/h1H,2,4-8H2;1-4H,5-8H2;. The van der Waals surface area contributed by atoms with Crippen molar-refractivity contribution >= 4 is 0 Å². The molecule has 0 N–H and O–H groups in total. The first-order valence-electron chi connectivity index (χ1n) is 7.03. The molecule has 0 aromatic rings. The molecule has 0 amide bonds. The summed E-state index contributed by atoms with van der Waals surface area (Å²) in [5, 5.41) is 0. The van der Waals surface area contributed by atoms with Crippen molar-refractivity contribution in [3.05, 3.63) is 34.9 Å². The van der Waals surface area contributed by atoms with Crippen LogP contribution >= 0.6 is 0 Å². The number of hydrogen-bond acceptors (Lipinski definition) is 0. The zero-order valence-electron chi connectivity index (χ0n) is 10.8. The van der Waals surface area contributed by atoms with Gasteiger partial charge in [0.05, 0.1) is 0 Å². The molecule has 0 atom stereocenters. The number of allylic oxidation sites excluding steroid dienone is 6. The minimum atomic E-state index is 1.21. The van der Waals surface area contributed by atoms with E-state index >= 15 is 0 Å². The van der Waals surface area contributed by atoms with Crippen LogP contribution in [-0.4, -0.2) is 0 Å². The molecule has 1 heteroatoms. The molecule has 0 saturated carbocycles. The van der Waals surface area contributed by atoms with E-state index in [1.54, 1.807) is 0 Å². The van der Waals surface area contributed by atoms with Gasteiger partial charge in [0.1, 0.15) is 0 Å². The molecule has 0 nitrogen and oxygen atoms in total. The van der Waals surface area contributed by atoms with Crippen molar-refractivity contribution in [1.82, 2.24) is 0 Å². The van der Waals surface area contributed by atoms with E-state index in [9.17, 15) is 0 Å². The van der Waals surface area contributed by atoms with Crippen molar-refractivity contribution in [3.63, 3.8) is 0 Å². The average molecular weight is 276 g/mol. The van der Waals surface area contributed by atoms with Crippen molar-refractivity contribution in [2.45, 2.75) is 64.2 Å². The summed E-state index contributed by atoms with van der Waals surface area (Å²) in [7, 11) is 0. The van der Waals surface area contributed by atoms with Gasteiger partial charge in [0.15, 0.2) is 0 Å². The Morgan fingerprint density at radius 1 is 0.706 bits per heavy atom. The van der Waals surface area contributed by atoms with Gasteiger partial charge in [-0.15, -0.1) is 0 Å². The van der Waals surface area contributed by atoms with E-state index in [4.69, 9.17) is 0 Å². The molecule has 0 aromatic carbocycles. The quantitative estimate of drug-likeness (QED) is 0.552. The van der Waals surface area contributed by atoms with Crippen LogP contribution in [0.4, 0.5) is 0 Å². The Balaban J connectivity index is 0.000000171. The fraction of sp³-hybridized carbons (Fsp3) is 0.625. The van der Waals surface area contributed by atoms with Crippen LogP contribution in [0.2, 0.25) is 0 Å². The van der Waals surface area contributed by atoms with Crippen LogP contribution in [0, 0.1) is 0 Å². The van der Waals surface area contributed by atoms with E-state index in [0.717, 1.165) is 0 Å². The Kier molecular flexibility index (Phi) is 9.44. The first-order valence-corrected chi connectivity index (χ1v) is 7.55. The Labute approximate surface area is 115 Å². The molecule has 0 saturated heterocycles. The van der Waals surface area contributed by atoms with Crippen LogP contribution in [0.5, 0.6) is 0 Å². The molecule has 0 unspecified atom stereocenters. The molecule has 0 heterocycles. The van der Waals surface area contributed by atoms with Gasteiger partial charge < -0.3 is 0 Å². The van der Waals surface area contributed by atoms with Crippen LogP contribution in [0.1, 0.15) is 64.2 Å². The van der Waals surface area contributed by atoms with Gasteiger partial charge in [-0.25, -0.2) is 0 Å². The molecule has 0 aliphatic heterocycles.